The lowest BCUT2D eigenvalue weighted by atomic mass is 9.96. The molecule has 14 nitrogen and oxygen atoms in total. The third-order valence-corrected chi connectivity index (χ3v) is 7.03. The number of hydrogen-bond acceptors (Lipinski definition) is 12. The highest BCUT2D eigenvalue weighted by Crippen LogP contribution is 2.46. The molecule has 1 aromatic carbocycles. The fraction of sp³-hybridized carbons (Fsp3) is 0.500. The highest BCUT2D eigenvalue weighted by molar-refractivity contribution is 7.52. The van der Waals surface area contributed by atoms with E-state index in [9.17, 15) is 24.4 Å². The van der Waals surface area contributed by atoms with Crippen molar-refractivity contribution in [3.63, 3.8) is 0 Å². The Hall–Kier alpha value is -2.84. The Labute approximate surface area is 212 Å². The van der Waals surface area contributed by atoms with Crippen molar-refractivity contribution in [1.29, 1.82) is 0 Å². The molecular weight excluding hydrogens is 511 g/mol. The molecular formula is C22H31N4O10P. The summed E-state index contributed by atoms with van der Waals surface area (Å²) in [6.07, 6.45) is -3.46. The summed E-state index contributed by atoms with van der Waals surface area (Å²) >= 11 is 0. The van der Waals surface area contributed by atoms with E-state index >= 15 is 0 Å². The quantitative estimate of drug-likeness (QED) is 0.155. The van der Waals surface area contributed by atoms with E-state index in [1.54, 1.807) is 37.5 Å². The van der Waals surface area contributed by atoms with Crippen LogP contribution in [0.1, 0.15) is 33.9 Å². The van der Waals surface area contributed by atoms with Crippen molar-refractivity contribution in [2.24, 2.45) is 0 Å². The lowest BCUT2D eigenvalue weighted by molar-refractivity contribution is -0.149. The van der Waals surface area contributed by atoms with Crippen molar-refractivity contribution < 1.29 is 43.3 Å². The monoisotopic (exact) mass is 542 g/mol. The minimum Gasteiger partial charge on any atom is -0.462 e. The lowest BCUT2D eigenvalue weighted by Crippen LogP contribution is -2.46. The summed E-state index contributed by atoms with van der Waals surface area (Å²) in [5, 5.41) is 33.1. The van der Waals surface area contributed by atoms with Gasteiger partial charge >= 0.3 is 19.4 Å². The van der Waals surface area contributed by atoms with E-state index < -0.39 is 62.2 Å². The SMILES string of the molecule is CC(C)OC(=O)[C@H](C)NP(=O)(OCC1O[C@@H](n2ccc(NO)nc2=O)C(C)(O)[C@H]1O)Oc1ccccc1. The summed E-state index contributed by atoms with van der Waals surface area (Å²) in [6, 6.07) is 8.23. The number of aliphatic hydroxyl groups is 2. The highest BCUT2D eigenvalue weighted by Gasteiger charge is 2.54. The Balaban J connectivity index is 1.79. The van der Waals surface area contributed by atoms with Crippen LogP contribution in [0.4, 0.5) is 5.82 Å². The zero-order chi connectivity index (χ0) is 27.4. The van der Waals surface area contributed by atoms with Gasteiger partial charge in [-0.1, -0.05) is 18.2 Å². The number of aliphatic hydroxyl groups excluding tert-OH is 1. The minimum absolute atomic E-state index is 0.130. The van der Waals surface area contributed by atoms with E-state index in [4.69, 9.17) is 23.7 Å². The molecule has 204 valence electrons. The Morgan fingerprint density at radius 3 is 2.54 bits per heavy atom. The first-order valence-corrected chi connectivity index (χ1v) is 12.9. The Bertz CT molecular complexity index is 1180. The van der Waals surface area contributed by atoms with E-state index in [0.29, 0.717) is 0 Å². The van der Waals surface area contributed by atoms with Gasteiger partial charge in [0.25, 0.3) is 0 Å². The molecule has 3 rings (SSSR count). The zero-order valence-corrected chi connectivity index (χ0v) is 21.6. The van der Waals surface area contributed by atoms with Gasteiger partial charge in [0.05, 0.1) is 12.7 Å². The van der Waals surface area contributed by atoms with Crippen LogP contribution in [0, 0.1) is 0 Å². The van der Waals surface area contributed by atoms with Gasteiger partial charge in [0.2, 0.25) is 0 Å². The number of carbonyl (C=O) groups excluding carboxylic acids is 1. The van der Waals surface area contributed by atoms with Crippen LogP contribution in [0.3, 0.4) is 0 Å². The first kappa shape index (κ1) is 28.7. The summed E-state index contributed by atoms with van der Waals surface area (Å²) in [5.41, 5.74) is -1.13. The fourth-order valence-corrected chi connectivity index (χ4v) is 5.04. The molecule has 15 heteroatoms. The second kappa shape index (κ2) is 11.7. The molecule has 1 fully saturated rings. The molecule has 3 unspecified atom stereocenters. The molecule has 0 saturated carbocycles. The fourth-order valence-electron chi connectivity index (χ4n) is 3.54. The number of esters is 1. The summed E-state index contributed by atoms with van der Waals surface area (Å²) in [5.74, 6) is -0.645. The molecule has 1 aromatic heterocycles. The van der Waals surface area contributed by atoms with E-state index in [2.05, 4.69) is 10.1 Å². The van der Waals surface area contributed by atoms with Crippen molar-refractivity contribution in [2.45, 2.75) is 63.9 Å². The molecule has 2 heterocycles. The average Bonchev–Trinajstić information content (AvgIpc) is 3.06. The maximum absolute atomic E-state index is 13.6. The van der Waals surface area contributed by atoms with Crippen molar-refractivity contribution >= 4 is 19.5 Å². The molecule has 5 N–H and O–H groups in total. The van der Waals surface area contributed by atoms with Gasteiger partial charge in [0.1, 0.15) is 29.6 Å². The van der Waals surface area contributed by atoms with Crippen LogP contribution >= 0.6 is 7.75 Å². The van der Waals surface area contributed by atoms with Gasteiger partial charge in [-0.05, 0) is 45.9 Å². The minimum atomic E-state index is -4.27. The number of benzene rings is 1. The first-order valence-electron chi connectivity index (χ1n) is 11.4. The number of rotatable bonds is 11. The highest BCUT2D eigenvalue weighted by atomic mass is 31.2. The van der Waals surface area contributed by atoms with Crippen LogP contribution in [0.25, 0.3) is 0 Å². The Morgan fingerprint density at radius 2 is 1.95 bits per heavy atom. The number of nitrogens with one attached hydrogen (secondary N) is 2. The average molecular weight is 542 g/mol. The van der Waals surface area contributed by atoms with Crippen molar-refractivity contribution in [1.82, 2.24) is 14.6 Å². The summed E-state index contributed by atoms with van der Waals surface area (Å²) in [7, 11) is -4.27. The maximum Gasteiger partial charge on any atom is 0.459 e. The third-order valence-electron chi connectivity index (χ3n) is 5.39. The van der Waals surface area contributed by atoms with Crippen LogP contribution in [0.5, 0.6) is 5.75 Å². The van der Waals surface area contributed by atoms with Crippen LogP contribution in [0.2, 0.25) is 0 Å². The number of hydrogen-bond donors (Lipinski definition) is 5. The lowest BCUT2D eigenvalue weighted by Gasteiger charge is -2.27. The molecule has 0 aliphatic carbocycles. The van der Waals surface area contributed by atoms with E-state index in [1.807, 2.05) is 0 Å². The van der Waals surface area contributed by atoms with Crippen LogP contribution in [0.15, 0.2) is 47.4 Å². The van der Waals surface area contributed by atoms with Crippen molar-refractivity contribution in [3.05, 3.63) is 53.1 Å². The number of para-hydroxylation sites is 1. The van der Waals surface area contributed by atoms with E-state index in [1.165, 1.54) is 38.2 Å². The zero-order valence-electron chi connectivity index (χ0n) is 20.7. The predicted octanol–water partition coefficient (Wildman–Crippen LogP) is 1.19. The smallest absolute Gasteiger partial charge is 0.459 e. The second-order valence-electron chi connectivity index (χ2n) is 8.85. The van der Waals surface area contributed by atoms with Gasteiger partial charge in [-0.15, -0.1) is 0 Å². The molecule has 1 aliphatic heterocycles. The topological polar surface area (TPSA) is 191 Å². The predicted molar refractivity (Wildman–Crippen MR) is 129 cm³/mol. The number of nitrogens with zero attached hydrogens (tertiary/aromatic N) is 2. The summed E-state index contributed by atoms with van der Waals surface area (Å²) in [6.45, 7) is 5.43. The number of anilines is 1. The molecule has 0 spiro atoms. The Kier molecular flexibility index (Phi) is 9.08. The van der Waals surface area contributed by atoms with Gasteiger partial charge in [-0.25, -0.2) is 9.36 Å². The second-order valence-corrected chi connectivity index (χ2v) is 10.5. The number of aromatic nitrogens is 2. The third kappa shape index (κ3) is 6.93. The van der Waals surface area contributed by atoms with E-state index in [0.717, 1.165) is 4.57 Å². The molecule has 1 aliphatic rings. The number of carbonyl (C=O) groups is 1. The van der Waals surface area contributed by atoms with Crippen LogP contribution < -0.4 is 20.8 Å². The maximum atomic E-state index is 13.6. The molecule has 37 heavy (non-hydrogen) atoms. The molecule has 0 bridgehead atoms. The van der Waals surface area contributed by atoms with Gasteiger partial charge in [0, 0.05) is 6.20 Å². The molecule has 0 radical (unpaired) electrons. The summed E-state index contributed by atoms with van der Waals surface area (Å²) in [4.78, 5) is 28.2. The van der Waals surface area contributed by atoms with Gasteiger partial charge in [-0.3, -0.25) is 24.6 Å². The van der Waals surface area contributed by atoms with Crippen molar-refractivity contribution in [3.8, 4) is 5.75 Å². The normalized spacial score (nSPS) is 25.9. The molecule has 2 aromatic rings. The van der Waals surface area contributed by atoms with Gasteiger partial charge < -0.3 is 24.2 Å². The van der Waals surface area contributed by atoms with Crippen LogP contribution in [-0.4, -0.2) is 67.5 Å². The first-order chi connectivity index (χ1) is 17.4. The standard InChI is InChI=1S/C22H31N4O10P/c1-13(2)34-19(28)14(3)25-37(32,36-15-8-6-5-7-9-15)33-12-16-18(27)22(4,30)20(35-16)26-11-10-17(24-31)23-21(26)29/h5-11,13-14,16,18,20,27,30-31H,12H2,1-4H3,(H,25,32)(H,23,24,29)/t14-,16?,18-,20+,22?,37?/m0/s1. The molecule has 0 amide bonds. The van der Waals surface area contributed by atoms with Crippen LogP contribution in [-0.2, 0) is 23.4 Å². The largest absolute Gasteiger partial charge is 0.462 e. The number of ether oxygens (including phenoxy) is 2. The summed E-state index contributed by atoms with van der Waals surface area (Å²) < 4.78 is 36.5. The van der Waals surface area contributed by atoms with Gasteiger partial charge in [0.15, 0.2) is 12.0 Å². The van der Waals surface area contributed by atoms with Gasteiger partial charge in [-0.2, -0.15) is 10.1 Å². The molecule has 6 atom stereocenters. The Morgan fingerprint density at radius 1 is 1.27 bits per heavy atom. The molecule has 1 saturated heterocycles. The van der Waals surface area contributed by atoms with Crippen molar-refractivity contribution in [2.75, 3.05) is 12.1 Å². The van der Waals surface area contributed by atoms with E-state index in [-0.39, 0.29) is 11.6 Å².